The average Bonchev–Trinajstić information content (AvgIpc) is 3.29. The second kappa shape index (κ2) is 11.6. The maximum absolute atomic E-state index is 12.3. The highest BCUT2D eigenvalue weighted by molar-refractivity contribution is 7.98. The third kappa shape index (κ3) is 6.43. The lowest BCUT2D eigenvalue weighted by Gasteiger charge is -2.20. The highest BCUT2D eigenvalue weighted by Crippen LogP contribution is 2.35. The van der Waals surface area contributed by atoms with Gasteiger partial charge >= 0.3 is 5.97 Å². The molecule has 0 saturated heterocycles. The first-order valence-electron chi connectivity index (χ1n) is 10.1. The van der Waals surface area contributed by atoms with Gasteiger partial charge in [0.2, 0.25) is 5.91 Å². The van der Waals surface area contributed by atoms with E-state index < -0.39 is 5.97 Å². The molecule has 33 heavy (non-hydrogen) atoms. The van der Waals surface area contributed by atoms with Crippen LogP contribution >= 0.6 is 23.1 Å². The van der Waals surface area contributed by atoms with Gasteiger partial charge in [0.25, 0.3) is 0 Å². The van der Waals surface area contributed by atoms with Crippen LogP contribution in [0.5, 0.6) is 5.75 Å². The van der Waals surface area contributed by atoms with E-state index in [-0.39, 0.29) is 31.1 Å². The van der Waals surface area contributed by atoms with Crippen LogP contribution in [0.25, 0.3) is 0 Å². The van der Waals surface area contributed by atoms with Gasteiger partial charge in [-0.2, -0.15) is 0 Å². The standard InChI is InChI=1S/C24H24N2O5S2/c1-16(27)26(20-6-4-5-7-22(20)30-2)24-25-18(15-33-24)14-31-23(29)13-12-21(28)17-8-10-19(32-3)11-9-17/h4-11,15H,12-14H2,1-3H3. The minimum absolute atomic E-state index is 0.0130. The summed E-state index contributed by atoms with van der Waals surface area (Å²) in [5.41, 5.74) is 1.67. The molecule has 0 saturated carbocycles. The van der Waals surface area contributed by atoms with E-state index in [2.05, 4.69) is 4.98 Å². The Kier molecular flexibility index (Phi) is 8.62. The van der Waals surface area contributed by atoms with Gasteiger partial charge in [0.1, 0.15) is 12.4 Å². The molecule has 9 heteroatoms. The summed E-state index contributed by atoms with van der Waals surface area (Å²) in [6.07, 6.45) is 2.03. The third-order valence-corrected chi connectivity index (χ3v) is 6.34. The number of aromatic nitrogens is 1. The Morgan fingerprint density at radius 2 is 1.79 bits per heavy atom. The fourth-order valence-electron chi connectivity index (χ4n) is 3.05. The van der Waals surface area contributed by atoms with Crippen LogP contribution in [0.4, 0.5) is 10.8 Å². The molecule has 0 radical (unpaired) electrons. The number of methoxy groups -OCH3 is 1. The second-order valence-corrected chi connectivity index (χ2v) is 8.68. The van der Waals surface area contributed by atoms with E-state index in [0.29, 0.717) is 27.8 Å². The molecule has 1 aromatic heterocycles. The largest absolute Gasteiger partial charge is 0.495 e. The molecule has 1 amide bonds. The summed E-state index contributed by atoms with van der Waals surface area (Å²) in [5.74, 6) is -0.263. The van der Waals surface area contributed by atoms with Crippen molar-refractivity contribution in [2.45, 2.75) is 31.3 Å². The second-order valence-electron chi connectivity index (χ2n) is 6.96. The Bertz CT molecular complexity index is 1130. The number of thioether (sulfide) groups is 1. The lowest BCUT2D eigenvalue weighted by molar-refractivity contribution is -0.145. The topological polar surface area (TPSA) is 85.8 Å². The number of carbonyl (C=O) groups excluding carboxylic acids is 3. The van der Waals surface area contributed by atoms with Crippen LogP contribution in [0.2, 0.25) is 0 Å². The number of Topliss-reactive ketones (excluding diaryl/α,β-unsaturated/α-hetero) is 1. The van der Waals surface area contributed by atoms with E-state index in [9.17, 15) is 14.4 Å². The molecule has 1 heterocycles. The molecule has 0 spiro atoms. The molecule has 0 aliphatic rings. The molecule has 0 bridgehead atoms. The predicted molar refractivity (Wildman–Crippen MR) is 130 cm³/mol. The van der Waals surface area contributed by atoms with E-state index in [1.54, 1.807) is 41.4 Å². The number of amides is 1. The highest BCUT2D eigenvalue weighted by atomic mass is 32.2. The van der Waals surface area contributed by atoms with Crippen LogP contribution in [0, 0.1) is 0 Å². The molecule has 0 atom stereocenters. The molecule has 2 aromatic carbocycles. The van der Waals surface area contributed by atoms with E-state index in [1.807, 2.05) is 30.5 Å². The zero-order chi connectivity index (χ0) is 23.8. The molecule has 172 valence electrons. The molecule has 0 aliphatic heterocycles. The van der Waals surface area contributed by atoms with Crippen molar-refractivity contribution in [2.75, 3.05) is 18.3 Å². The Morgan fingerprint density at radius 1 is 1.06 bits per heavy atom. The van der Waals surface area contributed by atoms with Crippen molar-refractivity contribution in [3.05, 3.63) is 65.2 Å². The lowest BCUT2D eigenvalue weighted by atomic mass is 10.1. The van der Waals surface area contributed by atoms with Gasteiger partial charge in [0, 0.05) is 29.2 Å². The van der Waals surface area contributed by atoms with E-state index in [1.165, 1.54) is 30.3 Å². The molecule has 3 aromatic rings. The molecule has 0 fully saturated rings. The monoisotopic (exact) mass is 484 g/mol. The number of ether oxygens (including phenoxy) is 2. The molecular weight excluding hydrogens is 460 g/mol. The van der Waals surface area contributed by atoms with Gasteiger partial charge in [0.15, 0.2) is 10.9 Å². The minimum Gasteiger partial charge on any atom is -0.495 e. The van der Waals surface area contributed by atoms with Crippen molar-refractivity contribution >= 4 is 51.6 Å². The number of hydrogen-bond acceptors (Lipinski definition) is 8. The lowest BCUT2D eigenvalue weighted by Crippen LogP contribution is -2.23. The Hall–Kier alpha value is -3.17. The van der Waals surface area contributed by atoms with E-state index in [4.69, 9.17) is 9.47 Å². The Labute approximate surface area is 200 Å². The summed E-state index contributed by atoms with van der Waals surface area (Å²) < 4.78 is 10.6. The van der Waals surface area contributed by atoms with Crippen LogP contribution in [-0.2, 0) is 20.9 Å². The number of benzene rings is 2. The van der Waals surface area contributed by atoms with Crippen molar-refractivity contribution in [2.24, 2.45) is 0 Å². The summed E-state index contributed by atoms with van der Waals surface area (Å²) >= 11 is 2.86. The van der Waals surface area contributed by atoms with Crippen molar-refractivity contribution in [3.8, 4) is 5.75 Å². The number of rotatable bonds is 10. The first kappa shape index (κ1) is 24.5. The fraction of sp³-hybridized carbons (Fsp3) is 0.250. The number of thiazole rings is 1. The quantitative estimate of drug-likeness (QED) is 0.220. The van der Waals surface area contributed by atoms with Gasteiger partial charge in [-0.3, -0.25) is 19.3 Å². The number of carbonyl (C=O) groups is 3. The molecule has 7 nitrogen and oxygen atoms in total. The number of nitrogens with zero attached hydrogens (tertiary/aromatic N) is 2. The summed E-state index contributed by atoms with van der Waals surface area (Å²) in [6.45, 7) is 1.41. The number of anilines is 2. The number of esters is 1. The van der Waals surface area contributed by atoms with Gasteiger partial charge in [-0.1, -0.05) is 24.3 Å². The van der Waals surface area contributed by atoms with Gasteiger partial charge in [0.05, 0.1) is 24.9 Å². The number of ketones is 1. The summed E-state index contributed by atoms with van der Waals surface area (Å²) in [6, 6.07) is 14.4. The van der Waals surface area contributed by atoms with Crippen molar-refractivity contribution in [1.82, 2.24) is 4.98 Å². The molecule has 0 N–H and O–H groups in total. The van der Waals surface area contributed by atoms with E-state index >= 15 is 0 Å². The summed E-state index contributed by atoms with van der Waals surface area (Å²) in [7, 11) is 1.54. The van der Waals surface area contributed by atoms with Crippen LogP contribution in [0.15, 0.2) is 58.8 Å². The highest BCUT2D eigenvalue weighted by Gasteiger charge is 2.21. The smallest absolute Gasteiger partial charge is 0.306 e. The zero-order valence-corrected chi connectivity index (χ0v) is 20.2. The Morgan fingerprint density at radius 3 is 2.45 bits per heavy atom. The first-order chi connectivity index (χ1) is 15.9. The van der Waals surface area contributed by atoms with Crippen molar-refractivity contribution in [3.63, 3.8) is 0 Å². The van der Waals surface area contributed by atoms with Crippen molar-refractivity contribution < 1.29 is 23.9 Å². The molecule has 0 unspecified atom stereocenters. The van der Waals surface area contributed by atoms with Gasteiger partial charge in [-0.15, -0.1) is 23.1 Å². The van der Waals surface area contributed by atoms with Crippen LogP contribution < -0.4 is 9.64 Å². The van der Waals surface area contributed by atoms with Gasteiger partial charge < -0.3 is 9.47 Å². The van der Waals surface area contributed by atoms with Gasteiger partial charge in [-0.25, -0.2) is 4.98 Å². The number of hydrogen-bond donors (Lipinski definition) is 0. The number of para-hydroxylation sites is 2. The maximum atomic E-state index is 12.3. The van der Waals surface area contributed by atoms with Gasteiger partial charge in [-0.05, 0) is 30.5 Å². The van der Waals surface area contributed by atoms with Crippen LogP contribution in [-0.4, -0.2) is 36.0 Å². The van der Waals surface area contributed by atoms with Crippen LogP contribution in [0.1, 0.15) is 35.8 Å². The third-order valence-electron chi connectivity index (χ3n) is 4.72. The summed E-state index contributed by atoms with van der Waals surface area (Å²) in [5, 5.41) is 2.17. The van der Waals surface area contributed by atoms with Crippen molar-refractivity contribution in [1.29, 1.82) is 0 Å². The maximum Gasteiger partial charge on any atom is 0.306 e. The zero-order valence-electron chi connectivity index (χ0n) is 18.6. The first-order valence-corrected chi connectivity index (χ1v) is 12.2. The molecular formula is C24H24N2O5S2. The van der Waals surface area contributed by atoms with Crippen LogP contribution in [0.3, 0.4) is 0 Å². The average molecular weight is 485 g/mol. The molecule has 0 aliphatic carbocycles. The minimum atomic E-state index is -0.480. The SMILES string of the molecule is COc1ccccc1N(C(C)=O)c1nc(COC(=O)CCC(=O)c2ccc(SC)cc2)cs1. The normalized spacial score (nSPS) is 10.5. The molecule has 3 rings (SSSR count). The fourth-order valence-corrected chi connectivity index (χ4v) is 4.32. The van der Waals surface area contributed by atoms with E-state index in [0.717, 1.165) is 4.90 Å². The Balaban J connectivity index is 1.56. The predicted octanol–water partition coefficient (Wildman–Crippen LogP) is 5.26. The summed E-state index contributed by atoms with van der Waals surface area (Å²) in [4.78, 5) is 43.7.